The van der Waals surface area contributed by atoms with Gasteiger partial charge in [0.15, 0.2) is 0 Å². The number of nitrogens with one attached hydrogen (secondary N) is 2. The third-order valence-corrected chi connectivity index (χ3v) is 6.08. The molecule has 10 nitrogen and oxygen atoms in total. The number of amides is 3. The zero-order valence-corrected chi connectivity index (χ0v) is 20.5. The normalized spacial score (nSPS) is 20.1. The smallest absolute Gasteiger partial charge is 0.429 e. The number of nitrogens with zero attached hydrogens (tertiary/aromatic N) is 2. The van der Waals surface area contributed by atoms with Gasteiger partial charge in [-0.05, 0) is 46.1 Å². The molecule has 5 N–H and O–H groups in total. The number of benzene rings is 1. The van der Waals surface area contributed by atoms with Gasteiger partial charge < -0.3 is 25.4 Å². The summed E-state index contributed by atoms with van der Waals surface area (Å²) in [5.41, 5.74) is -0.976. The first-order valence-electron chi connectivity index (χ1n) is 11.0. The van der Waals surface area contributed by atoms with Crippen LogP contribution >= 0.6 is 11.6 Å². The zero-order valence-electron chi connectivity index (χ0n) is 19.7. The summed E-state index contributed by atoms with van der Waals surface area (Å²) in [6.45, 7) is 8.49. The van der Waals surface area contributed by atoms with E-state index in [1.165, 1.54) is 0 Å². The van der Waals surface area contributed by atoms with Crippen LogP contribution in [0.1, 0.15) is 57.3 Å². The Hall–Kier alpha value is -2.79. The first kappa shape index (κ1) is 25.8. The van der Waals surface area contributed by atoms with Crippen LogP contribution in [-0.4, -0.2) is 59.5 Å². The number of nitrogens with two attached hydrogens (primary N) is 1. The van der Waals surface area contributed by atoms with Crippen molar-refractivity contribution in [3.05, 3.63) is 22.5 Å². The maximum absolute atomic E-state index is 15.3. The molecule has 1 aromatic carbocycles. The third-order valence-electron chi connectivity index (χ3n) is 5.71. The molecule has 12 heteroatoms. The molecule has 2 fully saturated rings. The molecule has 1 unspecified atom stereocenters. The van der Waals surface area contributed by atoms with Crippen LogP contribution in [0.4, 0.5) is 25.4 Å². The van der Waals surface area contributed by atoms with E-state index in [-0.39, 0.29) is 38.4 Å². The minimum Gasteiger partial charge on any atom is -0.464 e. The number of carboxylic acid groups (broad SMARTS) is 1. The first-order valence-corrected chi connectivity index (χ1v) is 11.4. The lowest BCUT2D eigenvalue weighted by Gasteiger charge is -2.28. The van der Waals surface area contributed by atoms with Crippen LogP contribution in [-0.2, 0) is 4.74 Å². The lowest BCUT2D eigenvalue weighted by atomic mass is 9.90. The van der Waals surface area contributed by atoms with Crippen molar-refractivity contribution < 1.29 is 28.6 Å². The molecular formula is C22H31ClFN5O5. The Morgan fingerprint density at radius 2 is 2.03 bits per heavy atom. The molecule has 188 valence electrons. The molecule has 1 atom stereocenters. The summed E-state index contributed by atoms with van der Waals surface area (Å²) < 4.78 is 20.6. The van der Waals surface area contributed by atoms with Crippen molar-refractivity contribution in [1.82, 2.24) is 10.3 Å². The number of carbonyl (C=O) groups excluding carboxylic acids is 2. The number of rotatable bonds is 6. The number of hydrogen-bond donors (Lipinski definition) is 4. The highest BCUT2D eigenvalue weighted by atomic mass is 35.5. The number of alkyl carbamates (subject to hydrolysis) is 1. The summed E-state index contributed by atoms with van der Waals surface area (Å²) in [4.78, 5) is 37.5. The van der Waals surface area contributed by atoms with Crippen LogP contribution in [0, 0.1) is 11.2 Å². The van der Waals surface area contributed by atoms with E-state index < -0.39 is 29.5 Å². The summed E-state index contributed by atoms with van der Waals surface area (Å²) in [5, 5.41) is 14.9. The van der Waals surface area contributed by atoms with Crippen molar-refractivity contribution in [2.45, 2.75) is 58.6 Å². The van der Waals surface area contributed by atoms with Gasteiger partial charge in [-0.3, -0.25) is 4.79 Å². The number of carbonyl (C=O) groups is 3. The SMILES string of the molecule is CC1(CNC(=O)OC(C)(C)C)CCN(c2c(F)cc(C(=O)N(N)C(=O)O)c(NC3CC3)c2Cl)C1. The van der Waals surface area contributed by atoms with Crippen LogP contribution in [0.15, 0.2) is 6.07 Å². The summed E-state index contributed by atoms with van der Waals surface area (Å²) in [6.07, 6.45) is 0.149. The molecule has 1 aliphatic carbocycles. The summed E-state index contributed by atoms with van der Waals surface area (Å²) in [7, 11) is 0. The number of ether oxygens (including phenoxy) is 1. The Bertz CT molecular complexity index is 997. The Balaban J connectivity index is 1.83. The largest absolute Gasteiger partial charge is 0.464 e. The van der Waals surface area contributed by atoms with Gasteiger partial charge in [-0.2, -0.15) is 5.01 Å². The molecule has 1 aliphatic heterocycles. The quantitative estimate of drug-likeness (QED) is 0.263. The second-order valence-corrected chi connectivity index (χ2v) is 10.5. The topological polar surface area (TPSA) is 137 Å². The summed E-state index contributed by atoms with van der Waals surface area (Å²) in [6, 6.07) is 1.02. The predicted octanol–water partition coefficient (Wildman–Crippen LogP) is 3.79. The number of anilines is 2. The average molecular weight is 500 g/mol. The molecule has 3 rings (SSSR count). The maximum atomic E-state index is 15.3. The average Bonchev–Trinajstić information content (AvgIpc) is 3.46. The molecular weight excluding hydrogens is 469 g/mol. The Morgan fingerprint density at radius 3 is 2.59 bits per heavy atom. The highest BCUT2D eigenvalue weighted by Gasteiger charge is 2.38. The van der Waals surface area contributed by atoms with Gasteiger partial charge in [0, 0.05) is 31.1 Å². The highest BCUT2D eigenvalue weighted by Crippen LogP contribution is 2.44. The highest BCUT2D eigenvalue weighted by molar-refractivity contribution is 6.37. The Labute approximate surface area is 202 Å². The molecule has 0 spiro atoms. The van der Waals surface area contributed by atoms with Gasteiger partial charge in [0.1, 0.15) is 11.4 Å². The Morgan fingerprint density at radius 1 is 1.38 bits per heavy atom. The van der Waals surface area contributed by atoms with E-state index in [1.54, 1.807) is 25.7 Å². The molecule has 0 radical (unpaired) electrons. The fraction of sp³-hybridized carbons (Fsp3) is 0.591. The fourth-order valence-corrected chi connectivity index (χ4v) is 4.18. The van der Waals surface area contributed by atoms with Crippen molar-refractivity contribution in [3.8, 4) is 0 Å². The van der Waals surface area contributed by atoms with Crippen LogP contribution in [0.2, 0.25) is 5.02 Å². The lowest BCUT2D eigenvalue weighted by Crippen LogP contribution is -2.42. The molecule has 1 saturated heterocycles. The second-order valence-electron chi connectivity index (χ2n) is 10.2. The van der Waals surface area contributed by atoms with E-state index in [9.17, 15) is 14.4 Å². The van der Waals surface area contributed by atoms with E-state index in [2.05, 4.69) is 10.6 Å². The van der Waals surface area contributed by atoms with Gasteiger partial charge in [-0.15, -0.1) is 0 Å². The second kappa shape index (κ2) is 9.46. The first-order chi connectivity index (χ1) is 15.7. The van der Waals surface area contributed by atoms with E-state index in [1.807, 2.05) is 6.92 Å². The molecule has 1 heterocycles. The molecule has 1 aromatic rings. The van der Waals surface area contributed by atoms with Crippen molar-refractivity contribution in [1.29, 1.82) is 0 Å². The van der Waals surface area contributed by atoms with Gasteiger partial charge in [-0.25, -0.2) is 19.8 Å². The monoisotopic (exact) mass is 499 g/mol. The lowest BCUT2D eigenvalue weighted by molar-refractivity contribution is 0.0506. The van der Waals surface area contributed by atoms with Gasteiger partial charge >= 0.3 is 12.2 Å². The van der Waals surface area contributed by atoms with Gasteiger partial charge in [0.2, 0.25) is 0 Å². The van der Waals surface area contributed by atoms with Crippen LogP contribution in [0.5, 0.6) is 0 Å². The Kier molecular flexibility index (Phi) is 7.18. The molecule has 0 aromatic heterocycles. The standard InChI is InChI=1S/C22H31ClFN5O5/c1-21(2,3)34-19(31)26-10-22(4)7-8-28(11-22)17-14(24)9-13(18(30)29(25)20(32)33)16(15(17)23)27-12-5-6-12/h9,12,27H,5-8,10-11,25H2,1-4H3,(H,26,31)(H,32,33). The minimum atomic E-state index is -1.67. The molecule has 0 bridgehead atoms. The van der Waals surface area contributed by atoms with Gasteiger partial charge in [-0.1, -0.05) is 18.5 Å². The maximum Gasteiger partial charge on any atom is 0.429 e. The van der Waals surface area contributed by atoms with E-state index in [0.717, 1.165) is 18.9 Å². The molecule has 3 amide bonds. The third kappa shape index (κ3) is 6.01. The molecule has 1 saturated carbocycles. The van der Waals surface area contributed by atoms with Crippen molar-refractivity contribution in [3.63, 3.8) is 0 Å². The van der Waals surface area contributed by atoms with E-state index in [4.69, 9.17) is 27.3 Å². The van der Waals surface area contributed by atoms with Crippen LogP contribution in [0.3, 0.4) is 0 Å². The van der Waals surface area contributed by atoms with Crippen molar-refractivity contribution in [2.24, 2.45) is 11.3 Å². The summed E-state index contributed by atoms with van der Waals surface area (Å²) >= 11 is 6.60. The molecule has 34 heavy (non-hydrogen) atoms. The van der Waals surface area contributed by atoms with Crippen LogP contribution < -0.4 is 21.4 Å². The minimum absolute atomic E-state index is 0.00187. The number of hydrazine groups is 1. The summed E-state index contributed by atoms with van der Waals surface area (Å²) in [5.74, 6) is 3.48. The number of hydrogen-bond acceptors (Lipinski definition) is 7. The number of halogens is 2. The number of imide groups is 1. The zero-order chi connectivity index (χ0) is 25.4. The van der Waals surface area contributed by atoms with Gasteiger partial charge in [0.05, 0.1) is 22.0 Å². The van der Waals surface area contributed by atoms with Crippen molar-refractivity contribution >= 4 is 41.1 Å². The van der Waals surface area contributed by atoms with Crippen molar-refractivity contribution in [2.75, 3.05) is 29.9 Å². The molecule has 2 aliphatic rings. The van der Waals surface area contributed by atoms with Gasteiger partial charge in [0.25, 0.3) is 5.91 Å². The van der Waals surface area contributed by atoms with E-state index >= 15 is 4.39 Å². The fourth-order valence-electron chi connectivity index (χ4n) is 3.82. The predicted molar refractivity (Wildman–Crippen MR) is 126 cm³/mol. The van der Waals surface area contributed by atoms with E-state index in [0.29, 0.717) is 26.1 Å². The van der Waals surface area contributed by atoms with Crippen LogP contribution in [0.25, 0.3) is 0 Å².